The largest absolute Gasteiger partial charge is 0.465 e. The summed E-state index contributed by atoms with van der Waals surface area (Å²) in [5.41, 5.74) is 0. The molecule has 0 radical (unpaired) electrons. The highest BCUT2D eigenvalue weighted by atomic mass is 16.5. The number of carbonyl (C=O) groups excluding carboxylic acids is 1. The van der Waals surface area contributed by atoms with E-state index in [4.69, 9.17) is 4.74 Å². The summed E-state index contributed by atoms with van der Waals surface area (Å²) in [7, 11) is 0. The molecule has 0 aromatic heterocycles. The average Bonchev–Trinajstić information content (AvgIpc) is 2.54. The number of hydrogen-bond acceptors (Lipinski definition) is 3. The van der Waals surface area contributed by atoms with Crippen LogP contribution in [0.4, 0.5) is 0 Å². The van der Waals surface area contributed by atoms with Gasteiger partial charge in [0.2, 0.25) is 0 Å². The Morgan fingerprint density at radius 3 is 2.92 bits per heavy atom. The minimum Gasteiger partial charge on any atom is -0.465 e. The maximum Gasteiger partial charge on any atom is 0.323 e. The van der Waals surface area contributed by atoms with Crippen LogP contribution in [0, 0.1) is 0 Å². The molecule has 0 aliphatic carbocycles. The minimum atomic E-state index is -0.0338. The van der Waals surface area contributed by atoms with Crippen LogP contribution in [0.25, 0.3) is 0 Å². The number of hydrogen-bond donors (Lipinski definition) is 0. The van der Waals surface area contributed by atoms with E-state index in [1.165, 1.54) is 0 Å². The number of likely N-dealkylation sites (tertiary alicyclic amines) is 1. The molecular weight excluding hydrogens is 166 g/mol. The molecule has 1 rings (SSSR count). The van der Waals surface area contributed by atoms with Crippen molar-refractivity contribution in [1.82, 2.24) is 4.90 Å². The molecule has 1 aliphatic heterocycles. The van der Waals surface area contributed by atoms with E-state index < -0.39 is 0 Å². The van der Waals surface area contributed by atoms with E-state index in [2.05, 4.69) is 11.8 Å². The highest BCUT2D eigenvalue weighted by Crippen LogP contribution is 2.18. The van der Waals surface area contributed by atoms with Crippen molar-refractivity contribution in [1.29, 1.82) is 0 Å². The van der Waals surface area contributed by atoms with Gasteiger partial charge in [0.1, 0.15) is 6.04 Å². The molecule has 0 spiro atoms. The summed E-state index contributed by atoms with van der Waals surface area (Å²) in [5.74, 6) is -0.0338. The van der Waals surface area contributed by atoms with E-state index in [9.17, 15) is 4.79 Å². The number of nitrogens with zero attached hydrogens (tertiary/aromatic N) is 1. The Morgan fingerprint density at radius 1 is 1.54 bits per heavy atom. The van der Waals surface area contributed by atoms with Crippen molar-refractivity contribution in [2.45, 2.75) is 39.2 Å². The van der Waals surface area contributed by atoms with Crippen LogP contribution in [0.2, 0.25) is 0 Å². The normalized spacial score (nSPS) is 23.4. The molecule has 1 saturated heterocycles. The first-order valence-corrected chi connectivity index (χ1v) is 5.20. The third kappa shape index (κ3) is 2.69. The predicted molar refractivity (Wildman–Crippen MR) is 51.5 cm³/mol. The summed E-state index contributed by atoms with van der Waals surface area (Å²) in [4.78, 5) is 13.7. The standard InChI is InChI=1S/C10H19NO2/c1-3-7-11-8-5-6-9(11)10(12)13-4-2/h9H,3-8H2,1-2H3/t9-/m1/s1. The van der Waals surface area contributed by atoms with E-state index in [1.807, 2.05) is 6.92 Å². The van der Waals surface area contributed by atoms with Crippen molar-refractivity contribution in [3.05, 3.63) is 0 Å². The summed E-state index contributed by atoms with van der Waals surface area (Å²) in [6.07, 6.45) is 3.21. The van der Waals surface area contributed by atoms with E-state index >= 15 is 0 Å². The fourth-order valence-electron chi connectivity index (χ4n) is 1.89. The summed E-state index contributed by atoms with van der Waals surface area (Å²) >= 11 is 0. The fraction of sp³-hybridized carbons (Fsp3) is 0.900. The van der Waals surface area contributed by atoms with E-state index in [-0.39, 0.29) is 12.0 Å². The summed E-state index contributed by atoms with van der Waals surface area (Å²) in [5, 5.41) is 0. The van der Waals surface area contributed by atoms with E-state index in [0.29, 0.717) is 6.61 Å². The smallest absolute Gasteiger partial charge is 0.323 e. The van der Waals surface area contributed by atoms with Crippen molar-refractivity contribution in [3.63, 3.8) is 0 Å². The monoisotopic (exact) mass is 185 g/mol. The lowest BCUT2D eigenvalue weighted by Crippen LogP contribution is -2.37. The lowest BCUT2D eigenvalue weighted by atomic mass is 10.2. The molecule has 3 nitrogen and oxygen atoms in total. The zero-order valence-electron chi connectivity index (χ0n) is 8.58. The molecular formula is C10H19NO2. The first-order valence-electron chi connectivity index (χ1n) is 5.20. The zero-order chi connectivity index (χ0) is 9.68. The van der Waals surface area contributed by atoms with Gasteiger partial charge in [-0.25, -0.2) is 0 Å². The average molecular weight is 185 g/mol. The lowest BCUT2D eigenvalue weighted by molar-refractivity contribution is -0.148. The Morgan fingerprint density at radius 2 is 2.31 bits per heavy atom. The van der Waals surface area contributed by atoms with Crippen molar-refractivity contribution >= 4 is 5.97 Å². The predicted octanol–water partition coefficient (Wildman–Crippen LogP) is 1.42. The van der Waals surface area contributed by atoms with Gasteiger partial charge in [-0.3, -0.25) is 9.69 Å². The molecule has 1 aliphatic rings. The van der Waals surface area contributed by atoms with Crippen LogP contribution < -0.4 is 0 Å². The highest BCUT2D eigenvalue weighted by molar-refractivity contribution is 5.76. The summed E-state index contributed by atoms with van der Waals surface area (Å²) < 4.78 is 5.02. The number of esters is 1. The van der Waals surface area contributed by atoms with Crippen LogP contribution in [0.15, 0.2) is 0 Å². The number of carbonyl (C=O) groups is 1. The van der Waals surface area contributed by atoms with Gasteiger partial charge in [0.05, 0.1) is 6.61 Å². The maximum atomic E-state index is 11.5. The van der Waals surface area contributed by atoms with Crippen molar-refractivity contribution in [2.75, 3.05) is 19.7 Å². The number of rotatable bonds is 4. The van der Waals surface area contributed by atoms with Gasteiger partial charge in [0.15, 0.2) is 0 Å². The first kappa shape index (κ1) is 10.5. The van der Waals surface area contributed by atoms with Crippen LogP contribution in [0.5, 0.6) is 0 Å². The molecule has 76 valence electrons. The lowest BCUT2D eigenvalue weighted by Gasteiger charge is -2.21. The van der Waals surface area contributed by atoms with Crippen molar-refractivity contribution in [2.24, 2.45) is 0 Å². The molecule has 0 unspecified atom stereocenters. The van der Waals surface area contributed by atoms with Crippen LogP contribution in [0.3, 0.4) is 0 Å². The molecule has 0 aromatic carbocycles. The molecule has 0 saturated carbocycles. The second-order valence-electron chi connectivity index (χ2n) is 3.45. The van der Waals surface area contributed by atoms with Crippen molar-refractivity contribution in [3.8, 4) is 0 Å². The second kappa shape index (κ2) is 5.22. The molecule has 3 heteroatoms. The van der Waals surface area contributed by atoms with Crippen molar-refractivity contribution < 1.29 is 9.53 Å². The quantitative estimate of drug-likeness (QED) is 0.620. The minimum absolute atomic E-state index is 0.0338. The van der Waals surface area contributed by atoms with Gasteiger partial charge < -0.3 is 4.74 Å². The summed E-state index contributed by atoms with van der Waals surface area (Å²) in [6.45, 7) is 6.56. The Hall–Kier alpha value is -0.570. The van der Waals surface area contributed by atoms with Gasteiger partial charge in [-0.2, -0.15) is 0 Å². The second-order valence-corrected chi connectivity index (χ2v) is 3.45. The van der Waals surface area contributed by atoms with E-state index in [0.717, 1.165) is 32.4 Å². The SMILES string of the molecule is CCCN1CCC[C@@H]1C(=O)OCC. The van der Waals surface area contributed by atoms with Gasteiger partial charge >= 0.3 is 5.97 Å². The molecule has 13 heavy (non-hydrogen) atoms. The Kier molecular flexibility index (Phi) is 4.22. The third-order valence-electron chi connectivity index (χ3n) is 2.43. The molecule has 1 heterocycles. The molecule has 0 bridgehead atoms. The maximum absolute atomic E-state index is 11.5. The molecule has 0 aromatic rings. The Labute approximate surface area is 80.1 Å². The van der Waals surface area contributed by atoms with Crippen LogP contribution in [-0.4, -0.2) is 36.6 Å². The third-order valence-corrected chi connectivity index (χ3v) is 2.43. The molecule has 0 N–H and O–H groups in total. The van der Waals surface area contributed by atoms with Crippen LogP contribution in [-0.2, 0) is 9.53 Å². The zero-order valence-corrected chi connectivity index (χ0v) is 8.58. The Balaban J connectivity index is 2.42. The van der Waals surface area contributed by atoms with Gasteiger partial charge in [-0.1, -0.05) is 6.92 Å². The first-order chi connectivity index (χ1) is 6.29. The molecule has 1 fully saturated rings. The van der Waals surface area contributed by atoms with Gasteiger partial charge in [-0.05, 0) is 39.3 Å². The van der Waals surface area contributed by atoms with E-state index in [1.54, 1.807) is 0 Å². The molecule has 0 amide bonds. The van der Waals surface area contributed by atoms with Crippen LogP contribution in [0.1, 0.15) is 33.1 Å². The fourth-order valence-corrected chi connectivity index (χ4v) is 1.89. The highest BCUT2D eigenvalue weighted by Gasteiger charge is 2.30. The topological polar surface area (TPSA) is 29.5 Å². The van der Waals surface area contributed by atoms with Gasteiger partial charge in [0, 0.05) is 0 Å². The Bertz CT molecular complexity index is 170. The van der Waals surface area contributed by atoms with Gasteiger partial charge in [0.25, 0.3) is 0 Å². The summed E-state index contributed by atoms with van der Waals surface area (Å²) in [6, 6.07) is 0.0416. The van der Waals surface area contributed by atoms with Gasteiger partial charge in [-0.15, -0.1) is 0 Å². The number of ether oxygens (including phenoxy) is 1. The van der Waals surface area contributed by atoms with Crippen LogP contribution >= 0.6 is 0 Å². The molecule has 1 atom stereocenters.